The van der Waals surface area contributed by atoms with Gasteiger partial charge in [-0.3, -0.25) is 9.48 Å². The van der Waals surface area contributed by atoms with Crippen molar-refractivity contribution in [1.29, 1.82) is 0 Å². The van der Waals surface area contributed by atoms with E-state index in [-0.39, 0.29) is 25.1 Å². The Hall–Kier alpha value is -1.56. The van der Waals surface area contributed by atoms with Crippen molar-refractivity contribution in [1.82, 2.24) is 14.7 Å². The molecule has 1 aromatic heterocycles. The van der Waals surface area contributed by atoms with Crippen LogP contribution in [0.1, 0.15) is 25.2 Å². The van der Waals surface area contributed by atoms with Gasteiger partial charge < -0.3 is 15.7 Å². The molecule has 1 heterocycles. The van der Waals surface area contributed by atoms with Gasteiger partial charge in [0.1, 0.15) is 6.54 Å². The second-order valence-electron chi connectivity index (χ2n) is 4.65. The highest BCUT2D eigenvalue weighted by molar-refractivity contribution is 5.76. The van der Waals surface area contributed by atoms with E-state index in [1.54, 1.807) is 9.58 Å². The van der Waals surface area contributed by atoms with Gasteiger partial charge >= 0.3 is 0 Å². The molecule has 0 aliphatic rings. The third-order valence-electron chi connectivity index (χ3n) is 3.01. The van der Waals surface area contributed by atoms with E-state index >= 15 is 0 Å². The molecule has 0 spiro atoms. The van der Waals surface area contributed by atoms with Crippen molar-refractivity contribution in [2.45, 2.75) is 40.3 Å². The van der Waals surface area contributed by atoms with E-state index in [9.17, 15) is 4.79 Å². The molecule has 6 nitrogen and oxygen atoms in total. The minimum Gasteiger partial charge on any atom is -0.396 e. The lowest BCUT2D eigenvalue weighted by molar-refractivity contribution is -0.134. The fourth-order valence-electron chi connectivity index (χ4n) is 1.86. The Morgan fingerprint density at radius 2 is 2.11 bits per heavy atom. The summed E-state index contributed by atoms with van der Waals surface area (Å²) >= 11 is 0. The number of aliphatic hydroxyl groups excluding tert-OH is 1. The molecule has 0 saturated carbocycles. The van der Waals surface area contributed by atoms with E-state index in [0.717, 1.165) is 11.4 Å². The SMILES string of the molecule is Cc1nn(CC(=O)N(CCO)C(C)C)c(C)c1N. The van der Waals surface area contributed by atoms with Crippen LogP contribution < -0.4 is 5.73 Å². The van der Waals surface area contributed by atoms with Gasteiger partial charge in [0.05, 0.1) is 23.7 Å². The summed E-state index contributed by atoms with van der Waals surface area (Å²) in [5.41, 5.74) is 7.99. The minimum absolute atomic E-state index is 0.0385. The number of anilines is 1. The van der Waals surface area contributed by atoms with E-state index < -0.39 is 0 Å². The van der Waals surface area contributed by atoms with Crippen LogP contribution in [-0.2, 0) is 11.3 Å². The first kappa shape index (κ1) is 14.5. The van der Waals surface area contributed by atoms with E-state index in [1.807, 2.05) is 27.7 Å². The molecule has 0 unspecified atom stereocenters. The summed E-state index contributed by atoms with van der Waals surface area (Å²) in [5.74, 6) is -0.0651. The lowest BCUT2D eigenvalue weighted by Gasteiger charge is -2.26. The minimum atomic E-state index is -0.0651. The van der Waals surface area contributed by atoms with Gasteiger partial charge in [-0.15, -0.1) is 0 Å². The molecule has 1 amide bonds. The largest absolute Gasteiger partial charge is 0.396 e. The molecule has 0 fully saturated rings. The predicted molar refractivity (Wildman–Crippen MR) is 70.0 cm³/mol. The number of carbonyl (C=O) groups is 1. The summed E-state index contributed by atoms with van der Waals surface area (Å²) in [7, 11) is 0. The number of hydrogen-bond donors (Lipinski definition) is 2. The zero-order valence-electron chi connectivity index (χ0n) is 11.5. The average molecular weight is 254 g/mol. The molecule has 1 rings (SSSR count). The van der Waals surface area contributed by atoms with Crippen LogP contribution in [0.25, 0.3) is 0 Å². The lowest BCUT2D eigenvalue weighted by Crippen LogP contribution is -2.41. The number of aliphatic hydroxyl groups is 1. The summed E-state index contributed by atoms with van der Waals surface area (Å²) in [6, 6.07) is 0.0546. The van der Waals surface area contributed by atoms with Crippen molar-refractivity contribution in [2.75, 3.05) is 18.9 Å². The summed E-state index contributed by atoms with van der Waals surface area (Å²) in [6.07, 6.45) is 0. The van der Waals surface area contributed by atoms with Crippen LogP contribution >= 0.6 is 0 Å². The van der Waals surface area contributed by atoms with Gasteiger partial charge in [-0.2, -0.15) is 5.10 Å². The standard InChI is InChI=1S/C12H22N4O2/c1-8(2)15(5-6-17)11(18)7-16-10(4)12(13)9(3)14-16/h8,17H,5-7,13H2,1-4H3. The Morgan fingerprint density at radius 3 is 2.50 bits per heavy atom. The molecule has 0 saturated heterocycles. The third kappa shape index (κ3) is 3.01. The summed E-state index contributed by atoms with van der Waals surface area (Å²) in [4.78, 5) is 13.8. The van der Waals surface area contributed by atoms with Gasteiger partial charge in [0.2, 0.25) is 5.91 Å². The molecule has 3 N–H and O–H groups in total. The first-order chi connectivity index (χ1) is 8.38. The van der Waals surface area contributed by atoms with Crippen molar-refractivity contribution in [3.63, 3.8) is 0 Å². The molecule has 6 heteroatoms. The fourth-order valence-corrected chi connectivity index (χ4v) is 1.86. The molecule has 0 aliphatic heterocycles. The van der Waals surface area contributed by atoms with Crippen molar-refractivity contribution in [3.8, 4) is 0 Å². The Balaban J connectivity index is 2.82. The summed E-state index contributed by atoms with van der Waals surface area (Å²) < 4.78 is 1.61. The number of carbonyl (C=O) groups excluding carboxylic acids is 1. The van der Waals surface area contributed by atoms with Crippen LogP contribution in [-0.4, -0.2) is 44.9 Å². The van der Waals surface area contributed by atoms with E-state index in [0.29, 0.717) is 12.2 Å². The molecular weight excluding hydrogens is 232 g/mol. The average Bonchev–Trinajstić information content (AvgIpc) is 2.53. The van der Waals surface area contributed by atoms with Gasteiger partial charge in [0, 0.05) is 12.6 Å². The van der Waals surface area contributed by atoms with Gasteiger partial charge in [0.25, 0.3) is 0 Å². The zero-order chi connectivity index (χ0) is 13.9. The van der Waals surface area contributed by atoms with Gasteiger partial charge in [-0.05, 0) is 27.7 Å². The van der Waals surface area contributed by atoms with Crippen LogP contribution in [0.15, 0.2) is 0 Å². The van der Waals surface area contributed by atoms with Crippen molar-refractivity contribution < 1.29 is 9.90 Å². The molecule has 102 valence electrons. The maximum absolute atomic E-state index is 12.1. The number of nitrogens with two attached hydrogens (primary N) is 1. The van der Waals surface area contributed by atoms with E-state index in [4.69, 9.17) is 10.8 Å². The Morgan fingerprint density at radius 1 is 1.50 bits per heavy atom. The fraction of sp³-hybridized carbons (Fsp3) is 0.667. The molecule has 0 aromatic carbocycles. The summed E-state index contributed by atoms with van der Waals surface area (Å²) in [6.45, 7) is 7.95. The number of nitrogen functional groups attached to an aromatic ring is 1. The predicted octanol–water partition coefficient (Wildman–Crippen LogP) is 0.311. The highest BCUT2D eigenvalue weighted by Gasteiger charge is 2.18. The number of aromatic nitrogens is 2. The molecular formula is C12H22N4O2. The first-order valence-electron chi connectivity index (χ1n) is 6.08. The highest BCUT2D eigenvalue weighted by atomic mass is 16.3. The second kappa shape index (κ2) is 5.86. The highest BCUT2D eigenvalue weighted by Crippen LogP contribution is 2.15. The van der Waals surface area contributed by atoms with Gasteiger partial charge in [0.15, 0.2) is 0 Å². The van der Waals surface area contributed by atoms with Gasteiger partial charge in [-0.1, -0.05) is 0 Å². The van der Waals surface area contributed by atoms with Crippen LogP contribution in [0.2, 0.25) is 0 Å². The third-order valence-corrected chi connectivity index (χ3v) is 3.01. The zero-order valence-corrected chi connectivity index (χ0v) is 11.5. The monoisotopic (exact) mass is 254 g/mol. The molecule has 0 radical (unpaired) electrons. The molecule has 1 aromatic rings. The van der Waals surface area contributed by atoms with Crippen molar-refractivity contribution >= 4 is 11.6 Å². The lowest BCUT2D eigenvalue weighted by atomic mass is 10.3. The number of hydrogen-bond acceptors (Lipinski definition) is 4. The van der Waals surface area contributed by atoms with Crippen LogP contribution in [0.3, 0.4) is 0 Å². The quantitative estimate of drug-likeness (QED) is 0.792. The van der Waals surface area contributed by atoms with Crippen LogP contribution in [0, 0.1) is 13.8 Å². The topological polar surface area (TPSA) is 84.4 Å². The Bertz CT molecular complexity index is 426. The smallest absolute Gasteiger partial charge is 0.244 e. The van der Waals surface area contributed by atoms with E-state index in [1.165, 1.54) is 0 Å². The maximum Gasteiger partial charge on any atom is 0.244 e. The first-order valence-corrected chi connectivity index (χ1v) is 6.08. The number of nitrogens with zero attached hydrogens (tertiary/aromatic N) is 3. The second-order valence-corrected chi connectivity index (χ2v) is 4.65. The molecule has 18 heavy (non-hydrogen) atoms. The number of aryl methyl sites for hydroxylation is 1. The molecule has 0 bridgehead atoms. The Labute approximate surface area is 107 Å². The van der Waals surface area contributed by atoms with Crippen LogP contribution in [0.5, 0.6) is 0 Å². The molecule has 0 atom stereocenters. The van der Waals surface area contributed by atoms with Crippen molar-refractivity contribution in [2.24, 2.45) is 0 Å². The van der Waals surface area contributed by atoms with Crippen molar-refractivity contribution in [3.05, 3.63) is 11.4 Å². The Kier molecular flexibility index (Phi) is 4.72. The van der Waals surface area contributed by atoms with Gasteiger partial charge in [-0.25, -0.2) is 0 Å². The molecule has 0 aliphatic carbocycles. The summed E-state index contributed by atoms with van der Waals surface area (Å²) in [5, 5.41) is 13.2. The van der Waals surface area contributed by atoms with E-state index in [2.05, 4.69) is 5.10 Å². The maximum atomic E-state index is 12.1. The van der Waals surface area contributed by atoms with Crippen LogP contribution in [0.4, 0.5) is 5.69 Å². The normalized spacial score (nSPS) is 11.0. The number of rotatable bonds is 5. The number of amides is 1.